The highest BCUT2D eigenvalue weighted by molar-refractivity contribution is 7.15. The third-order valence-corrected chi connectivity index (χ3v) is 4.69. The smallest absolute Gasteiger partial charge is 0.193 e. The second kappa shape index (κ2) is 4.78. The first kappa shape index (κ1) is 11.2. The topological polar surface area (TPSA) is 37.5 Å². The Morgan fingerprint density at radius 3 is 3.00 bits per heavy atom. The van der Waals surface area contributed by atoms with E-state index in [4.69, 9.17) is 0 Å². The third kappa shape index (κ3) is 2.24. The molecule has 1 fully saturated rings. The quantitative estimate of drug-likeness (QED) is 0.906. The molecule has 1 N–H and O–H groups in total. The van der Waals surface area contributed by atoms with E-state index in [0.717, 1.165) is 17.1 Å². The molecule has 3 nitrogen and oxygen atoms in total. The van der Waals surface area contributed by atoms with Crippen LogP contribution in [-0.4, -0.2) is 21.1 Å². The Hall–Kier alpha value is -0.870. The molecule has 2 heterocycles. The summed E-state index contributed by atoms with van der Waals surface area (Å²) in [7, 11) is 0. The van der Waals surface area contributed by atoms with Crippen molar-refractivity contribution in [1.82, 2.24) is 9.38 Å². The highest BCUT2D eigenvalue weighted by Gasteiger charge is 2.25. The second-order valence-electron chi connectivity index (χ2n) is 5.02. The van der Waals surface area contributed by atoms with Gasteiger partial charge in [0.15, 0.2) is 4.96 Å². The molecule has 2 aromatic rings. The van der Waals surface area contributed by atoms with Gasteiger partial charge in [0.1, 0.15) is 0 Å². The molecule has 0 spiro atoms. The Morgan fingerprint density at radius 1 is 1.47 bits per heavy atom. The van der Waals surface area contributed by atoms with Gasteiger partial charge in [-0.05, 0) is 18.3 Å². The van der Waals surface area contributed by atoms with Crippen LogP contribution in [0.5, 0.6) is 0 Å². The summed E-state index contributed by atoms with van der Waals surface area (Å²) < 4.78 is 2.07. The maximum atomic E-state index is 9.54. The van der Waals surface area contributed by atoms with Crippen LogP contribution in [0.1, 0.15) is 31.4 Å². The van der Waals surface area contributed by atoms with Crippen LogP contribution >= 0.6 is 11.3 Å². The molecule has 1 aliphatic carbocycles. The van der Waals surface area contributed by atoms with Gasteiger partial charge in [-0.25, -0.2) is 4.98 Å². The molecule has 1 saturated carbocycles. The Morgan fingerprint density at radius 2 is 2.29 bits per heavy atom. The van der Waals surface area contributed by atoms with Gasteiger partial charge in [0.2, 0.25) is 0 Å². The Kier molecular flexibility index (Phi) is 3.16. The number of aliphatic hydroxyl groups excluding tert-OH is 1. The Balaban J connectivity index is 1.73. The van der Waals surface area contributed by atoms with Crippen LogP contribution in [0.3, 0.4) is 0 Å². The molecular formula is C13H18N2OS. The summed E-state index contributed by atoms with van der Waals surface area (Å²) in [6.07, 6.45) is 10.3. The number of hydrogen-bond donors (Lipinski definition) is 1. The maximum Gasteiger partial charge on any atom is 0.193 e. The maximum absolute atomic E-state index is 9.54. The summed E-state index contributed by atoms with van der Waals surface area (Å²) >= 11 is 1.66. The molecule has 1 unspecified atom stereocenters. The van der Waals surface area contributed by atoms with Crippen molar-refractivity contribution < 1.29 is 5.11 Å². The minimum Gasteiger partial charge on any atom is -0.396 e. The van der Waals surface area contributed by atoms with Gasteiger partial charge in [0.25, 0.3) is 0 Å². The molecule has 17 heavy (non-hydrogen) atoms. The average molecular weight is 250 g/mol. The Labute approximate surface area is 105 Å². The SMILES string of the molecule is OCC(Cc1cn2ccsc2n1)C1CCCC1. The van der Waals surface area contributed by atoms with E-state index in [2.05, 4.69) is 15.6 Å². The van der Waals surface area contributed by atoms with Gasteiger partial charge in [0.05, 0.1) is 5.69 Å². The lowest BCUT2D eigenvalue weighted by molar-refractivity contribution is 0.175. The van der Waals surface area contributed by atoms with Crippen molar-refractivity contribution in [2.75, 3.05) is 6.61 Å². The highest BCUT2D eigenvalue weighted by Crippen LogP contribution is 2.33. The molecule has 0 bridgehead atoms. The number of fused-ring (bicyclic) bond motifs is 1. The molecule has 0 aliphatic heterocycles. The van der Waals surface area contributed by atoms with Gasteiger partial charge in [0, 0.05) is 24.4 Å². The zero-order chi connectivity index (χ0) is 11.7. The zero-order valence-electron chi connectivity index (χ0n) is 9.88. The first-order chi connectivity index (χ1) is 8.36. The van der Waals surface area contributed by atoms with Crippen LogP contribution in [0.2, 0.25) is 0 Å². The molecule has 0 radical (unpaired) electrons. The van der Waals surface area contributed by atoms with Crippen molar-refractivity contribution in [3.05, 3.63) is 23.5 Å². The number of hydrogen-bond acceptors (Lipinski definition) is 3. The minimum absolute atomic E-state index is 0.301. The normalized spacial score (nSPS) is 19.1. The van der Waals surface area contributed by atoms with Crippen LogP contribution in [0.4, 0.5) is 0 Å². The van der Waals surface area contributed by atoms with Gasteiger partial charge in [-0.2, -0.15) is 0 Å². The minimum atomic E-state index is 0.301. The van der Waals surface area contributed by atoms with E-state index in [9.17, 15) is 5.11 Å². The molecule has 4 heteroatoms. The monoisotopic (exact) mass is 250 g/mol. The highest BCUT2D eigenvalue weighted by atomic mass is 32.1. The van der Waals surface area contributed by atoms with Gasteiger partial charge in [-0.1, -0.05) is 25.7 Å². The van der Waals surface area contributed by atoms with Crippen LogP contribution in [-0.2, 0) is 6.42 Å². The first-order valence-corrected chi connectivity index (χ1v) is 7.26. The second-order valence-corrected chi connectivity index (χ2v) is 5.89. The zero-order valence-corrected chi connectivity index (χ0v) is 10.7. The van der Waals surface area contributed by atoms with E-state index < -0.39 is 0 Å². The standard InChI is InChI=1S/C13H18N2OS/c16-9-11(10-3-1-2-4-10)7-12-8-15-5-6-17-13(15)14-12/h5-6,8,10-11,16H,1-4,7,9H2. The lowest BCUT2D eigenvalue weighted by Gasteiger charge is -2.19. The summed E-state index contributed by atoms with van der Waals surface area (Å²) in [4.78, 5) is 5.66. The predicted molar refractivity (Wildman–Crippen MR) is 69.3 cm³/mol. The van der Waals surface area contributed by atoms with Crippen molar-refractivity contribution in [3.8, 4) is 0 Å². The van der Waals surface area contributed by atoms with Crippen LogP contribution in [0.15, 0.2) is 17.8 Å². The fourth-order valence-electron chi connectivity index (χ4n) is 2.95. The average Bonchev–Trinajstić information content (AvgIpc) is 3.01. The first-order valence-electron chi connectivity index (χ1n) is 6.39. The van der Waals surface area contributed by atoms with Gasteiger partial charge >= 0.3 is 0 Å². The molecule has 1 atom stereocenters. The summed E-state index contributed by atoms with van der Waals surface area (Å²) in [5.41, 5.74) is 1.13. The van der Waals surface area contributed by atoms with E-state index in [-0.39, 0.29) is 0 Å². The number of rotatable bonds is 4. The van der Waals surface area contributed by atoms with E-state index in [1.54, 1.807) is 11.3 Å². The fourth-order valence-corrected chi connectivity index (χ4v) is 3.67. The molecular weight excluding hydrogens is 232 g/mol. The molecule has 0 aromatic carbocycles. The van der Waals surface area contributed by atoms with Crippen LogP contribution < -0.4 is 0 Å². The lowest BCUT2D eigenvalue weighted by Crippen LogP contribution is -2.18. The predicted octanol–water partition coefficient (Wildman–Crippen LogP) is 2.74. The molecule has 0 amide bonds. The Bertz CT molecular complexity index is 456. The summed E-state index contributed by atoms with van der Waals surface area (Å²) in [5, 5.41) is 11.6. The van der Waals surface area contributed by atoms with Crippen LogP contribution in [0.25, 0.3) is 4.96 Å². The van der Waals surface area contributed by atoms with E-state index in [0.29, 0.717) is 18.4 Å². The van der Waals surface area contributed by atoms with Crippen molar-refractivity contribution in [3.63, 3.8) is 0 Å². The fraction of sp³-hybridized carbons (Fsp3) is 0.615. The summed E-state index contributed by atoms with van der Waals surface area (Å²) in [5.74, 6) is 1.11. The molecule has 92 valence electrons. The number of aliphatic hydroxyl groups is 1. The number of thiazole rings is 1. The van der Waals surface area contributed by atoms with Crippen LogP contribution in [0, 0.1) is 11.8 Å². The molecule has 3 rings (SSSR count). The van der Waals surface area contributed by atoms with Crippen molar-refractivity contribution in [2.45, 2.75) is 32.1 Å². The van der Waals surface area contributed by atoms with Gasteiger partial charge in [-0.15, -0.1) is 11.3 Å². The van der Waals surface area contributed by atoms with E-state index >= 15 is 0 Å². The van der Waals surface area contributed by atoms with E-state index in [1.807, 2.05) is 11.6 Å². The molecule has 2 aromatic heterocycles. The van der Waals surface area contributed by atoms with Crippen molar-refractivity contribution in [2.24, 2.45) is 11.8 Å². The largest absolute Gasteiger partial charge is 0.396 e. The van der Waals surface area contributed by atoms with Gasteiger partial charge < -0.3 is 5.11 Å². The molecule has 1 aliphatic rings. The third-order valence-electron chi connectivity index (χ3n) is 3.92. The van der Waals surface area contributed by atoms with Crippen molar-refractivity contribution in [1.29, 1.82) is 0 Å². The summed E-state index contributed by atoms with van der Waals surface area (Å²) in [6, 6.07) is 0. The number of nitrogens with zero attached hydrogens (tertiary/aromatic N) is 2. The number of aromatic nitrogens is 2. The van der Waals surface area contributed by atoms with E-state index in [1.165, 1.54) is 25.7 Å². The number of imidazole rings is 1. The lowest BCUT2D eigenvalue weighted by atomic mass is 9.88. The van der Waals surface area contributed by atoms with Crippen molar-refractivity contribution >= 4 is 16.3 Å². The molecule has 0 saturated heterocycles. The van der Waals surface area contributed by atoms with Gasteiger partial charge in [-0.3, -0.25) is 4.40 Å². The summed E-state index contributed by atoms with van der Waals surface area (Å²) in [6.45, 7) is 0.301.